The zero-order chi connectivity index (χ0) is 11.6. The van der Waals surface area contributed by atoms with E-state index in [0.29, 0.717) is 18.5 Å². The number of rotatable bonds is 4. The lowest BCUT2D eigenvalue weighted by atomic mass is 9.65. The van der Waals surface area contributed by atoms with Gasteiger partial charge in [0, 0.05) is 12.0 Å². The first kappa shape index (κ1) is 11.3. The smallest absolute Gasteiger partial charge is 0.163 e. The molecule has 2 N–H and O–H groups in total. The number of hydrogen-bond acceptors (Lipinski definition) is 2. The first-order chi connectivity index (χ1) is 7.65. The van der Waals surface area contributed by atoms with Crippen molar-refractivity contribution < 1.29 is 9.18 Å². The van der Waals surface area contributed by atoms with Crippen molar-refractivity contribution in [3.63, 3.8) is 0 Å². The number of ketones is 1. The van der Waals surface area contributed by atoms with Crippen molar-refractivity contribution in [2.24, 2.45) is 11.1 Å². The monoisotopic (exact) mass is 221 g/mol. The zero-order valence-corrected chi connectivity index (χ0v) is 9.21. The van der Waals surface area contributed by atoms with Gasteiger partial charge in [0.15, 0.2) is 5.78 Å². The van der Waals surface area contributed by atoms with E-state index >= 15 is 0 Å². The highest BCUT2D eigenvalue weighted by Gasteiger charge is 2.37. The SMILES string of the molecule is NCC1(CC(=O)c2cccc(F)c2)CCC1. The summed E-state index contributed by atoms with van der Waals surface area (Å²) in [6, 6.07) is 5.87. The van der Waals surface area contributed by atoms with Crippen LogP contribution < -0.4 is 5.73 Å². The molecule has 0 aromatic heterocycles. The Bertz CT molecular complexity index is 393. The van der Waals surface area contributed by atoms with Crippen molar-refractivity contribution in [1.29, 1.82) is 0 Å². The molecule has 0 saturated heterocycles. The molecule has 3 heteroatoms. The third-order valence-electron chi connectivity index (χ3n) is 3.53. The highest BCUT2D eigenvalue weighted by atomic mass is 19.1. The maximum atomic E-state index is 13.0. The van der Waals surface area contributed by atoms with Crippen LogP contribution in [0.5, 0.6) is 0 Å². The van der Waals surface area contributed by atoms with E-state index in [1.54, 1.807) is 12.1 Å². The Hall–Kier alpha value is -1.22. The van der Waals surface area contributed by atoms with Gasteiger partial charge in [-0.3, -0.25) is 4.79 Å². The number of benzene rings is 1. The van der Waals surface area contributed by atoms with Gasteiger partial charge in [0.05, 0.1) is 0 Å². The van der Waals surface area contributed by atoms with E-state index in [-0.39, 0.29) is 17.0 Å². The molecule has 0 unspecified atom stereocenters. The first-order valence-electron chi connectivity index (χ1n) is 5.64. The summed E-state index contributed by atoms with van der Waals surface area (Å²) in [6.07, 6.45) is 3.63. The quantitative estimate of drug-likeness (QED) is 0.794. The number of Topliss-reactive ketones (excluding diaryl/α,β-unsaturated/α-hetero) is 1. The van der Waals surface area contributed by atoms with Crippen LogP contribution >= 0.6 is 0 Å². The molecule has 0 heterocycles. The molecule has 0 aliphatic heterocycles. The average Bonchev–Trinajstić information content (AvgIpc) is 2.23. The van der Waals surface area contributed by atoms with Crippen molar-refractivity contribution in [2.45, 2.75) is 25.7 Å². The van der Waals surface area contributed by atoms with Gasteiger partial charge in [-0.2, -0.15) is 0 Å². The van der Waals surface area contributed by atoms with Gasteiger partial charge in [-0.05, 0) is 36.9 Å². The van der Waals surface area contributed by atoms with Crippen LogP contribution in [-0.2, 0) is 0 Å². The number of nitrogens with two attached hydrogens (primary N) is 1. The number of hydrogen-bond donors (Lipinski definition) is 1. The Labute approximate surface area is 94.6 Å². The van der Waals surface area contributed by atoms with Crippen LogP contribution in [0.4, 0.5) is 4.39 Å². The molecule has 2 nitrogen and oxygen atoms in total. The molecule has 1 aromatic rings. The van der Waals surface area contributed by atoms with Gasteiger partial charge in [0.1, 0.15) is 5.82 Å². The number of halogens is 1. The molecule has 0 atom stereocenters. The summed E-state index contributed by atoms with van der Waals surface area (Å²) in [5.74, 6) is -0.356. The topological polar surface area (TPSA) is 43.1 Å². The Balaban J connectivity index is 2.08. The summed E-state index contributed by atoms with van der Waals surface area (Å²) in [6.45, 7) is 0.550. The fourth-order valence-electron chi connectivity index (χ4n) is 2.23. The Morgan fingerprint density at radius 1 is 1.44 bits per heavy atom. The summed E-state index contributed by atoms with van der Waals surface area (Å²) in [5, 5.41) is 0. The van der Waals surface area contributed by atoms with Crippen LogP contribution in [0.2, 0.25) is 0 Å². The normalized spacial score (nSPS) is 17.9. The lowest BCUT2D eigenvalue weighted by Gasteiger charge is -2.40. The fraction of sp³-hybridized carbons (Fsp3) is 0.462. The maximum absolute atomic E-state index is 13.0. The van der Waals surface area contributed by atoms with Gasteiger partial charge in [-0.25, -0.2) is 4.39 Å². The van der Waals surface area contributed by atoms with E-state index in [9.17, 15) is 9.18 Å². The van der Waals surface area contributed by atoms with E-state index in [0.717, 1.165) is 19.3 Å². The Kier molecular flexibility index (Phi) is 3.06. The summed E-state index contributed by atoms with van der Waals surface area (Å²) in [7, 11) is 0. The van der Waals surface area contributed by atoms with Crippen LogP contribution in [0.3, 0.4) is 0 Å². The van der Waals surface area contributed by atoms with E-state index in [1.807, 2.05) is 0 Å². The zero-order valence-electron chi connectivity index (χ0n) is 9.21. The Morgan fingerprint density at radius 3 is 2.69 bits per heavy atom. The summed E-state index contributed by atoms with van der Waals surface area (Å²) < 4.78 is 13.0. The second-order valence-electron chi connectivity index (χ2n) is 4.67. The molecule has 1 aromatic carbocycles. The van der Waals surface area contributed by atoms with Gasteiger partial charge in [-0.1, -0.05) is 18.6 Å². The fourth-order valence-corrected chi connectivity index (χ4v) is 2.23. The lowest BCUT2D eigenvalue weighted by Crippen LogP contribution is -2.39. The van der Waals surface area contributed by atoms with Crippen LogP contribution in [-0.4, -0.2) is 12.3 Å². The standard InChI is InChI=1S/C13H16FNO/c14-11-4-1-3-10(7-11)12(16)8-13(9-15)5-2-6-13/h1,3-4,7H,2,5-6,8-9,15H2. The molecule has 16 heavy (non-hydrogen) atoms. The first-order valence-corrected chi connectivity index (χ1v) is 5.64. The molecule has 0 radical (unpaired) electrons. The minimum Gasteiger partial charge on any atom is -0.330 e. The minimum absolute atomic E-state index is 0.00431. The maximum Gasteiger partial charge on any atom is 0.163 e. The van der Waals surface area contributed by atoms with Crippen molar-refractivity contribution in [3.8, 4) is 0 Å². The summed E-state index contributed by atoms with van der Waals surface area (Å²) in [4.78, 5) is 11.9. The van der Waals surface area contributed by atoms with Gasteiger partial charge in [-0.15, -0.1) is 0 Å². The van der Waals surface area contributed by atoms with Crippen molar-refractivity contribution in [3.05, 3.63) is 35.6 Å². The van der Waals surface area contributed by atoms with Crippen molar-refractivity contribution >= 4 is 5.78 Å². The summed E-state index contributed by atoms with van der Waals surface area (Å²) >= 11 is 0. The molecule has 1 aliphatic rings. The number of carbonyl (C=O) groups is 1. The third-order valence-corrected chi connectivity index (χ3v) is 3.53. The van der Waals surface area contributed by atoms with Crippen LogP contribution in [0.25, 0.3) is 0 Å². The van der Waals surface area contributed by atoms with Crippen LogP contribution in [0, 0.1) is 11.2 Å². The lowest BCUT2D eigenvalue weighted by molar-refractivity contribution is 0.0785. The van der Waals surface area contributed by atoms with Gasteiger partial charge in [0.25, 0.3) is 0 Å². The van der Waals surface area contributed by atoms with E-state index in [2.05, 4.69) is 0 Å². The molecular formula is C13H16FNO. The summed E-state index contributed by atoms with van der Waals surface area (Å²) in [5.41, 5.74) is 6.15. The van der Waals surface area contributed by atoms with Gasteiger partial charge < -0.3 is 5.73 Å². The average molecular weight is 221 g/mol. The molecule has 0 amide bonds. The molecule has 1 fully saturated rings. The van der Waals surface area contributed by atoms with E-state index in [4.69, 9.17) is 5.73 Å². The van der Waals surface area contributed by atoms with Crippen molar-refractivity contribution in [2.75, 3.05) is 6.54 Å². The third kappa shape index (κ3) is 2.14. The molecule has 0 bridgehead atoms. The van der Waals surface area contributed by atoms with E-state index < -0.39 is 0 Å². The van der Waals surface area contributed by atoms with Crippen LogP contribution in [0.15, 0.2) is 24.3 Å². The molecule has 2 rings (SSSR count). The predicted molar refractivity (Wildman–Crippen MR) is 60.7 cm³/mol. The predicted octanol–water partition coefficient (Wildman–Crippen LogP) is 2.53. The van der Waals surface area contributed by atoms with Gasteiger partial charge >= 0.3 is 0 Å². The highest BCUT2D eigenvalue weighted by molar-refractivity contribution is 5.96. The van der Waals surface area contributed by atoms with Crippen molar-refractivity contribution in [1.82, 2.24) is 0 Å². The molecule has 0 spiro atoms. The Morgan fingerprint density at radius 2 is 2.19 bits per heavy atom. The van der Waals surface area contributed by atoms with E-state index in [1.165, 1.54) is 12.1 Å². The molecular weight excluding hydrogens is 205 g/mol. The highest BCUT2D eigenvalue weighted by Crippen LogP contribution is 2.43. The van der Waals surface area contributed by atoms with Gasteiger partial charge in [0.2, 0.25) is 0 Å². The molecule has 86 valence electrons. The van der Waals surface area contributed by atoms with Crippen LogP contribution in [0.1, 0.15) is 36.0 Å². The molecule has 1 aliphatic carbocycles. The second-order valence-corrected chi connectivity index (χ2v) is 4.67. The minimum atomic E-state index is -0.360. The largest absolute Gasteiger partial charge is 0.330 e. The molecule has 1 saturated carbocycles. The number of carbonyl (C=O) groups excluding carboxylic acids is 1. The second kappa shape index (κ2) is 4.34.